The van der Waals surface area contributed by atoms with Crippen LogP contribution in [-0.2, 0) is 11.3 Å². The van der Waals surface area contributed by atoms with Crippen LogP contribution in [0.25, 0.3) is 21.5 Å². The van der Waals surface area contributed by atoms with E-state index >= 15 is 0 Å². The molecule has 0 aliphatic carbocycles. The number of carbonyl (C=O) groups is 1. The minimum absolute atomic E-state index is 0.203. The van der Waals surface area contributed by atoms with Crippen LogP contribution in [0.15, 0.2) is 59.4 Å². The molecule has 0 unspecified atom stereocenters. The van der Waals surface area contributed by atoms with Gasteiger partial charge in [-0.05, 0) is 42.8 Å². The summed E-state index contributed by atoms with van der Waals surface area (Å²) in [5.41, 5.74) is 2.97. The van der Waals surface area contributed by atoms with Gasteiger partial charge in [-0.2, -0.15) is 5.10 Å². The number of fused-ring (bicyclic) bond motifs is 1. The summed E-state index contributed by atoms with van der Waals surface area (Å²) < 4.78 is 7.36. The molecule has 0 spiro atoms. The van der Waals surface area contributed by atoms with Gasteiger partial charge in [0.05, 0.1) is 23.0 Å². The van der Waals surface area contributed by atoms with Gasteiger partial charge in [-0.15, -0.1) is 0 Å². The highest BCUT2D eigenvalue weighted by Gasteiger charge is 2.11. The lowest BCUT2D eigenvalue weighted by molar-refractivity contribution is -0.117. The van der Waals surface area contributed by atoms with Crippen molar-refractivity contribution in [1.29, 1.82) is 0 Å². The number of benzene rings is 2. The quantitative estimate of drug-likeness (QED) is 0.548. The maximum atomic E-state index is 12.5. The SMILES string of the molecule is COc1cccc(-c2ccc(=O)n(CC(=O)Nc3nc4ccc(C)cc4s3)n2)c1. The van der Waals surface area contributed by atoms with Gasteiger partial charge in [0, 0.05) is 11.6 Å². The van der Waals surface area contributed by atoms with Gasteiger partial charge in [-0.25, -0.2) is 9.67 Å². The second-order valence-corrected chi connectivity index (χ2v) is 7.52. The summed E-state index contributed by atoms with van der Waals surface area (Å²) in [6.07, 6.45) is 0. The third-order valence-corrected chi connectivity index (χ3v) is 5.25. The monoisotopic (exact) mass is 406 g/mol. The lowest BCUT2D eigenvalue weighted by atomic mass is 10.1. The molecule has 146 valence electrons. The maximum absolute atomic E-state index is 12.5. The predicted octanol–water partition coefficient (Wildman–Crippen LogP) is 3.48. The van der Waals surface area contributed by atoms with Crippen LogP contribution in [0.4, 0.5) is 5.13 Å². The number of ether oxygens (including phenoxy) is 1. The highest BCUT2D eigenvalue weighted by atomic mass is 32.1. The number of amides is 1. The fourth-order valence-corrected chi connectivity index (χ4v) is 3.86. The molecule has 8 heteroatoms. The number of aromatic nitrogens is 3. The van der Waals surface area contributed by atoms with Crippen LogP contribution < -0.4 is 15.6 Å². The second-order valence-electron chi connectivity index (χ2n) is 6.48. The molecule has 1 amide bonds. The summed E-state index contributed by atoms with van der Waals surface area (Å²) in [6, 6.07) is 16.3. The van der Waals surface area contributed by atoms with Crippen molar-refractivity contribution in [1.82, 2.24) is 14.8 Å². The Morgan fingerprint density at radius 2 is 2.03 bits per heavy atom. The van der Waals surface area contributed by atoms with Gasteiger partial charge in [0.1, 0.15) is 12.3 Å². The van der Waals surface area contributed by atoms with Crippen LogP contribution in [0.3, 0.4) is 0 Å². The Morgan fingerprint density at radius 1 is 1.17 bits per heavy atom. The molecule has 7 nitrogen and oxygen atoms in total. The molecule has 0 fully saturated rings. The first-order chi connectivity index (χ1) is 14.0. The summed E-state index contributed by atoms with van der Waals surface area (Å²) in [4.78, 5) is 29.0. The van der Waals surface area contributed by atoms with E-state index < -0.39 is 0 Å². The molecule has 2 aromatic carbocycles. The molecule has 4 aromatic rings. The number of thiazole rings is 1. The molecule has 0 aliphatic rings. The van der Waals surface area contributed by atoms with Gasteiger partial charge in [-0.3, -0.25) is 9.59 Å². The van der Waals surface area contributed by atoms with Crippen molar-refractivity contribution in [3.8, 4) is 17.0 Å². The standard InChI is InChI=1S/C21H18N4O3S/c1-13-6-7-17-18(10-13)29-21(22-17)23-19(26)12-25-20(27)9-8-16(24-25)14-4-3-5-15(11-14)28-2/h3-11H,12H2,1-2H3,(H,22,23,26). The zero-order valence-corrected chi connectivity index (χ0v) is 16.7. The molecule has 2 heterocycles. The molecule has 0 saturated carbocycles. The molecule has 0 atom stereocenters. The number of methoxy groups -OCH3 is 1. The third-order valence-electron chi connectivity index (χ3n) is 4.32. The van der Waals surface area contributed by atoms with Crippen molar-refractivity contribution < 1.29 is 9.53 Å². The average molecular weight is 406 g/mol. The molecule has 0 radical (unpaired) electrons. The number of nitrogens with one attached hydrogen (secondary N) is 1. The third kappa shape index (κ3) is 4.17. The summed E-state index contributed by atoms with van der Waals surface area (Å²) in [6.45, 7) is 1.80. The number of nitrogens with zero attached hydrogens (tertiary/aromatic N) is 3. The van der Waals surface area contributed by atoms with E-state index in [1.165, 1.54) is 17.4 Å². The van der Waals surface area contributed by atoms with Crippen LogP contribution in [0.5, 0.6) is 5.75 Å². The Bertz CT molecular complexity index is 1260. The van der Waals surface area contributed by atoms with Crippen molar-refractivity contribution in [2.24, 2.45) is 0 Å². The molecule has 1 N–H and O–H groups in total. The van der Waals surface area contributed by atoms with Crippen molar-refractivity contribution in [3.63, 3.8) is 0 Å². The van der Waals surface area contributed by atoms with Gasteiger partial charge < -0.3 is 10.1 Å². The Labute approximate surface area is 170 Å². The highest BCUT2D eigenvalue weighted by Crippen LogP contribution is 2.26. The molecule has 4 rings (SSSR count). The van der Waals surface area contributed by atoms with E-state index in [0.717, 1.165) is 26.0 Å². The lowest BCUT2D eigenvalue weighted by Gasteiger charge is -2.08. The predicted molar refractivity (Wildman–Crippen MR) is 113 cm³/mol. The van der Waals surface area contributed by atoms with Crippen LogP contribution in [0.2, 0.25) is 0 Å². The fraction of sp³-hybridized carbons (Fsp3) is 0.143. The second kappa shape index (κ2) is 7.84. The van der Waals surface area contributed by atoms with E-state index in [0.29, 0.717) is 16.6 Å². The Kier molecular flexibility index (Phi) is 5.09. The first kappa shape index (κ1) is 18.8. The minimum Gasteiger partial charge on any atom is -0.497 e. The fourth-order valence-electron chi connectivity index (χ4n) is 2.88. The van der Waals surface area contributed by atoms with Crippen LogP contribution in [0.1, 0.15) is 5.56 Å². The number of hydrogen-bond acceptors (Lipinski definition) is 6. The number of hydrogen-bond donors (Lipinski definition) is 1. The highest BCUT2D eigenvalue weighted by molar-refractivity contribution is 7.22. The average Bonchev–Trinajstić information content (AvgIpc) is 3.10. The van der Waals surface area contributed by atoms with E-state index in [4.69, 9.17) is 4.74 Å². The molecule has 0 bridgehead atoms. The van der Waals surface area contributed by atoms with Gasteiger partial charge in [-0.1, -0.05) is 29.5 Å². The smallest absolute Gasteiger partial charge is 0.267 e. The molecular formula is C21H18N4O3S. The van der Waals surface area contributed by atoms with Crippen LogP contribution >= 0.6 is 11.3 Å². The molecule has 0 saturated heterocycles. The topological polar surface area (TPSA) is 86.1 Å². The van der Waals surface area contributed by atoms with Crippen molar-refractivity contribution in [2.45, 2.75) is 13.5 Å². The van der Waals surface area contributed by atoms with Gasteiger partial charge >= 0.3 is 0 Å². The molecular weight excluding hydrogens is 388 g/mol. The number of aryl methyl sites for hydroxylation is 1. The first-order valence-corrected chi connectivity index (χ1v) is 9.73. The van der Waals surface area contributed by atoms with Gasteiger partial charge in [0.15, 0.2) is 5.13 Å². The molecule has 2 aromatic heterocycles. The number of carbonyl (C=O) groups excluding carboxylic acids is 1. The van der Waals surface area contributed by atoms with E-state index in [2.05, 4.69) is 15.4 Å². The summed E-state index contributed by atoms with van der Waals surface area (Å²) in [5.74, 6) is 0.323. The zero-order valence-electron chi connectivity index (χ0n) is 15.9. The maximum Gasteiger partial charge on any atom is 0.267 e. The van der Waals surface area contributed by atoms with Crippen LogP contribution in [-0.4, -0.2) is 27.8 Å². The molecule has 29 heavy (non-hydrogen) atoms. The van der Waals surface area contributed by atoms with Gasteiger partial charge in [0.2, 0.25) is 5.91 Å². The Balaban J connectivity index is 1.54. The van der Waals surface area contributed by atoms with E-state index in [9.17, 15) is 9.59 Å². The van der Waals surface area contributed by atoms with E-state index in [-0.39, 0.29) is 18.0 Å². The van der Waals surface area contributed by atoms with Crippen molar-refractivity contribution >= 4 is 32.6 Å². The van der Waals surface area contributed by atoms with E-state index in [1.54, 1.807) is 13.2 Å². The Hall–Kier alpha value is -3.52. The summed E-state index contributed by atoms with van der Waals surface area (Å²) in [7, 11) is 1.58. The van der Waals surface area contributed by atoms with Gasteiger partial charge in [0.25, 0.3) is 5.56 Å². The summed E-state index contributed by atoms with van der Waals surface area (Å²) >= 11 is 1.39. The van der Waals surface area contributed by atoms with Crippen molar-refractivity contribution in [3.05, 3.63) is 70.5 Å². The molecule has 0 aliphatic heterocycles. The zero-order chi connectivity index (χ0) is 20.4. The largest absolute Gasteiger partial charge is 0.497 e. The summed E-state index contributed by atoms with van der Waals surface area (Å²) in [5, 5.41) is 7.57. The van der Waals surface area contributed by atoms with Crippen molar-refractivity contribution in [2.75, 3.05) is 12.4 Å². The first-order valence-electron chi connectivity index (χ1n) is 8.91. The Morgan fingerprint density at radius 3 is 2.86 bits per heavy atom. The van der Waals surface area contributed by atoms with Crippen LogP contribution in [0, 0.1) is 6.92 Å². The lowest BCUT2D eigenvalue weighted by Crippen LogP contribution is -2.29. The van der Waals surface area contributed by atoms with E-state index in [1.807, 2.05) is 49.4 Å². The minimum atomic E-state index is -0.363. The number of rotatable bonds is 5. The number of anilines is 1. The normalized spacial score (nSPS) is 10.8.